The van der Waals surface area contributed by atoms with E-state index in [2.05, 4.69) is 69.0 Å². The molecule has 0 unspecified atom stereocenters. The van der Waals surface area contributed by atoms with Gasteiger partial charge in [-0.1, -0.05) is 77.3 Å². The summed E-state index contributed by atoms with van der Waals surface area (Å²) in [6.45, 7) is 9.19. The molecule has 4 aliphatic heterocycles. The first-order valence-corrected chi connectivity index (χ1v) is 27.4. The average molecular weight is 1240 g/mol. The van der Waals surface area contributed by atoms with Crippen molar-refractivity contribution in [1.29, 1.82) is 0 Å². The SMILES string of the molecule is CC1(C)O[C@@H]2[C@H](O1)[C@@H](Cc1ccc3cccnc3c1)O[C@H]2n1ccc2c(Cl)ncnc21.Cc1ccc(S(=O)(=O)N/N=C/[C@H]2O[C@@H](n3ccc4c(Cl)ncnc43)[C@@H]3OC(C)(C)O[C@@H]32)cc1.O=CO[O-].OB(O)c1ccc2cccnc2c1.[H-].[K+].[K+]. The number of carbonyl (C=O) groups is 1. The second-order valence-corrected chi connectivity index (χ2v) is 22.3. The van der Waals surface area contributed by atoms with Crippen molar-refractivity contribution in [3.8, 4) is 0 Å². The van der Waals surface area contributed by atoms with Gasteiger partial charge in [-0.15, -0.1) is 0 Å². The Bertz CT molecular complexity index is 3880. The van der Waals surface area contributed by atoms with Gasteiger partial charge >= 0.3 is 110 Å². The summed E-state index contributed by atoms with van der Waals surface area (Å²) in [5, 5.41) is 34.5. The number of rotatable bonds is 10. The van der Waals surface area contributed by atoms with Crippen molar-refractivity contribution in [2.75, 3.05) is 0 Å². The van der Waals surface area contributed by atoms with E-state index in [1.165, 1.54) is 31.0 Å². The molecule has 23 nitrogen and oxygen atoms in total. The van der Waals surface area contributed by atoms with E-state index in [0.29, 0.717) is 38.9 Å². The summed E-state index contributed by atoms with van der Waals surface area (Å²) in [6.07, 6.45) is 8.85. The molecule has 0 saturated carbocycles. The van der Waals surface area contributed by atoms with E-state index in [-0.39, 0.29) is 140 Å². The van der Waals surface area contributed by atoms with Gasteiger partial charge in [-0.25, -0.2) is 24.8 Å². The summed E-state index contributed by atoms with van der Waals surface area (Å²) in [5.41, 5.74) is 5.61. The zero-order chi connectivity index (χ0) is 57.2. The molecule has 4 aliphatic rings. The first-order valence-electron chi connectivity index (χ1n) is 25.2. The molecule has 83 heavy (non-hydrogen) atoms. The minimum absolute atomic E-state index is 0. The number of sulfonamides is 1. The number of hydrogen-bond donors (Lipinski definition) is 3. The molecule has 29 heteroatoms. The molecule has 0 spiro atoms. The van der Waals surface area contributed by atoms with E-state index < -0.39 is 53.3 Å². The van der Waals surface area contributed by atoms with Crippen LogP contribution in [0.15, 0.2) is 145 Å². The Morgan fingerprint density at radius 2 is 1.24 bits per heavy atom. The number of hydrazone groups is 1. The molecule has 0 amide bonds. The van der Waals surface area contributed by atoms with Gasteiger partial charge in [0, 0.05) is 42.0 Å². The Labute approximate surface area is 572 Å². The monoisotopic (exact) mass is 1240 g/mol. The Kier molecular flexibility index (Phi) is 21.9. The fraction of sp³-hybridized carbons (Fsp3) is 0.296. The van der Waals surface area contributed by atoms with Crippen molar-refractivity contribution < 1.29 is 166 Å². The molecule has 9 aromatic rings. The molecule has 4 fully saturated rings. The molecule has 8 atom stereocenters. The van der Waals surface area contributed by atoms with Gasteiger partial charge in [0.05, 0.1) is 39.0 Å². The standard InChI is InChI=1S/C23H21ClN4O3.C21H22ClN5O5S.C9H8BNO2.CH2O3.2K.H/c1-23(2)30-18-17(11-13-5-6-14-4-3-8-25-16(14)10-13)29-22(19(18)31-23)28-9-7-15-20(24)26-12-27-21(15)28;1-12-4-6-13(7-5-12)33(28,29)26-25-10-15-16-17(32-21(2,3)31-16)20(30-15)27-9-8-14-18(22)23-11-24-19(14)27;12-10(13)8-4-3-7-2-1-5-11-9(7)6-8;2-1-4-3;;;/h3-10,12,17-19,22H,11H2,1-2H3;4-11,15-17,20,26H,1-3H3;1-6,12-13H;1,3H;;;/q;;;;2*+1;-1/p-1/b;25-10+;;;;;/t17-,18-,19-,22-;15-,16-,17-,20-;;;;;/m11...../s1. The summed E-state index contributed by atoms with van der Waals surface area (Å²) in [5.74, 6) is -1.53. The number of nitrogens with zero attached hydrogens (tertiary/aromatic N) is 9. The molecule has 13 rings (SSSR count). The minimum Gasteiger partial charge on any atom is -1.00 e. The van der Waals surface area contributed by atoms with Crippen LogP contribution in [0.1, 0.15) is 52.7 Å². The number of nitrogens with one attached hydrogen (secondary N) is 1. The summed E-state index contributed by atoms with van der Waals surface area (Å²) in [7, 11) is -5.24. The molecular weight excluding hydrogens is 1190 g/mol. The van der Waals surface area contributed by atoms with Crippen molar-refractivity contribution in [1.82, 2.24) is 43.9 Å². The van der Waals surface area contributed by atoms with Gasteiger partial charge in [0.1, 0.15) is 64.8 Å². The molecule has 422 valence electrons. The first-order chi connectivity index (χ1) is 38.8. The van der Waals surface area contributed by atoms with Crippen molar-refractivity contribution in [2.24, 2.45) is 5.10 Å². The van der Waals surface area contributed by atoms with E-state index in [4.69, 9.17) is 71.7 Å². The third-order valence-corrected chi connectivity index (χ3v) is 15.3. The van der Waals surface area contributed by atoms with Crippen molar-refractivity contribution in [2.45, 2.75) is 107 Å². The number of hydrogen-bond acceptors (Lipinski definition) is 20. The number of aryl methyl sites for hydroxylation is 1. The molecule has 3 N–H and O–H groups in total. The molecule has 0 radical (unpaired) electrons. The Morgan fingerprint density at radius 3 is 1.81 bits per heavy atom. The molecule has 0 aliphatic carbocycles. The van der Waals surface area contributed by atoms with Gasteiger partial charge in [0.2, 0.25) is 0 Å². The fourth-order valence-electron chi connectivity index (χ4n) is 9.95. The van der Waals surface area contributed by atoms with E-state index in [1.807, 2.05) is 81.9 Å². The van der Waals surface area contributed by atoms with Gasteiger partial charge in [-0.05, 0) is 94.2 Å². The van der Waals surface area contributed by atoms with Gasteiger partial charge in [0.25, 0.3) is 16.5 Å². The first kappa shape index (κ1) is 65.1. The second-order valence-electron chi connectivity index (χ2n) is 19.9. The molecule has 0 bridgehead atoms. The Balaban J connectivity index is 0.000000184. The number of fused-ring (bicyclic) bond motifs is 6. The van der Waals surface area contributed by atoms with Crippen LogP contribution in [-0.2, 0) is 54.5 Å². The zero-order valence-corrected chi connectivity index (χ0v) is 54.4. The zero-order valence-electron chi connectivity index (χ0n) is 46.8. The summed E-state index contributed by atoms with van der Waals surface area (Å²) >= 11 is 12.4. The maximum Gasteiger partial charge on any atom is 1.00 e. The number of carbonyl (C=O) groups excluding carboxylic acids is 1. The number of pyridine rings is 2. The van der Waals surface area contributed by atoms with Crippen LogP contribution in [0.4, 0.5) is 0 Å². The number of benzene rings is 3. The number of halogens is 2. The average Bonchev–Trinajstić information content (AvgIpc) is 3.30. The van der Waals surface area contributed by atoms with Crippen LogP contribution in [0.5, 0.6) is 0 Å². The van der Waals surface area contributed by atoms with Crippen molar-refractivity contribution >= 4 is 102 Å². The van der Waals surface area contributed by atoms with Gasteiger partial charge < -0.3 is 59.2 Å². The fourth-order valence-corrected chi connectivity index (χ4v) is 11.1. The second kappa shape index (κ2) is 27.9. The largest absolute Gasteiger partial charge is 1.00 e. The van der Waals surface area contributed by atoms with Gasteiger partial charge in [-0.3, -0.25) is 14.8 Å². The van der Waals surface area contributed by atoms with Crippen LogP contribution in [0.3, 0.4) is 0 Å². The van der Waals surface area contributed by atoms with Crippen LogP contribution in [0, 0.1) is 6.92 Å². The van der Waals surface area contributed by atoms with Crippen LogP contribution in [0.2, 0.25) is 10.3 Å². The van der Waals surface area contributed by atoms with Crippen LogP contribution >= 0.6 is 23.2 Å². The Morgan fingerprint density at radius 1 is 0.723 bits per heavy atom. The van der Waals surface area contributed by atoms with Crippen molar-refractivity contribution in [3.63, 3.8) is 0 Å². The topological polar surface area (TPSA) is 291 Å². The molecular formula is C54H53BCl2K2N10O13S. The summed E-state index contributed by atoms with van der Waals surface area (Å²) in [6, 6.07) is 29.4. The number of ether oxygens (including phenoxy) is 6. The van der Waals surface area contributed by atoms with Gasteiger partial charge in [0.15, 0.2) is 24.0 Å². The van der Waals surface area contributed by atoms with Crippen LogP contribution < -0.4 is 118 Å². The Hall–Kier alpha value is -3.83. The van der Waals surface area contributed by atoms with E-state index >= 15 is 0 Å². The smallest absolute Gasteiger partial charge is 1.00 e. The van der Waals surface area contributed by atoms with Gasteiger partial charge in [-0.2, -0.15) is 13.5 Å². The van der Waals surface area contributed by atoms with E-state index in [0.717, 1.165) is 38.3 Å². The van der Waals surface area contributed by atoms with Crippen LogP contribution in [-0.4, -0.2) is 126 Å². The van der Waals surface area contributed by atoms with E-state index in [9.17, 15) is 8.42 Å². The molecule has 10 heterocycles. The van der Waals surface area contributed by atoms with E-state index in [1.54, 1.807) is 47.3 Å². The predicted octanol–water partition coefficient (Wildman–Crippen LogP) is -0.462. The third kappa shape index (κ3) is 14.9. The van der Waals surface area contributed by atoms with Crippen molar-refractivity contribution in [3.05, 3.63) is 156 Å². The predicted molar refractivity (Wildman–Crippen MR) is 296 cm³/mol. The summed E-state index contributed by atoms with van der Waals surface area (Å²) in [4.78, 5) is 39.0. The van der Waals surface area contributed by atoms with Crippen LogP contribution in [0.25, 0.3) is 43.9 Å². The quantitative estimate of drug-likeness (QED) is 0.0390. The molecule has 4 saturated heterocycles. The minimum atomic E-state index is -3.82. The molecule has 6 aromatic heterocycles. The number of aromatic nitrogens is 8. The maximum atomic E-state index is 12.5. The molecule has 3 aromatic carbocycles. The third-order valence-electron chi connectivity index (χ3n) is 13.5. The maximum absolute atomic E-state index is 12.5. The normalized spacial score (nSPS) is 22.7. The summed E-state index contributed by atoms with van der Waals surface area (Å²) < 4.78 is 66.2.